The van der Waals surface area contributed by atoms with Gasteiger partial charge in [-0.15, -0.1) is 11.5 Å². The van der Waals surface area contributed by atoms with E-state index in [9.17, 15) is 0 Å². The summed E-state index contributed by atoms with van der Waals surface area (Å²) in [4.78, 5) is 0. The fourth-order valence-electron chi connectivity index (χ4n) is 3.33. The summed E-state index contributed by atoms with van der Waals surface area (Å²) in [6.45, 7) is 12.8. The lowest BCUT2D eigenvalue weighted by molar-refractivity contribution is 0.0162. The normalized spacial score (nSPS) is 14.5. The molecule has 3 atom stereocenters. The molecule has 0 aromatic heterocycles. The van der Waals surface area contributed by atoms with E-state index in [-0.39, 0.29) is 12.1 Å². The maximum absolute atomic E-state index is 6.32. The Labute approximate surface area is 179 Å². The quantitative estimate of drug-likeness (QED) is 0.382. The Balaban J connectivity index is 2.15. The Bertz CT molecular complexity index is 758. The van der Waals surface area contributed by atoms with Gasteiger partial charge >= 0.3 is 0 Å². The van der Waals surface area contributed by atoms with Gasteiger partial charge in [0.2, 0.25) is 0 Å². The molecule has 2 aromatic carbocycles. The van der Waals surface area contributed by atoms with Crippen LogP contribution in [-0.4, -0.2) is 20.2 Å². The average Bonchev–Trinajstić information content (AvgIpc) is 2.71. The second kappa shape index (κ2) is 12.0. The largest absolute Gasteiger partial charge is 0.372 e. The molecule has 0 aliphatic rings. The minimum Gasteiger partial charge on any atom is -0.372 e. The zero-order valence-electron chi connectivity index (χ0n) is 18.7. The first kappa shape index (κ1) is 23.4. The molecule has 0 spiro atoms. The summed E-state index contributed by atoms with van der Waals surface area (Å²) in [5.41, 5.74) is 6.11. The summed E-state index contributed by atoms with van der Waals surface area (Å²) in [7, 11) is -1.42. The second-order valence-corrected chi connectivity index (χ2v) is 13.6. The van der Waals surface area contributed by atoms with Gasteiger partial charge in [0.05, 0.1) is 12.7 Å². The zero-order valence-corrected chi connectivity index (χ0v) is 19.7. The standard InChI is InChI=1S/C26H37NOSi/c1-6-13-25(18-19-29(3,4)5)26(27-20-23-14-9-7-10-15-23)22(2)28-21-24-16-11-8-12-17-24/h7-12,14-17,22,25-27H,6,13,20-21H2,1-5H3. The van der Waals surface area contributed by atoms with Crippen LogP contribution < -0.4 is 5.32 Å². The van der Waals surface area contributed by atoms with Crippen LogP contribution in [0, 0.1) is 17.4 Å². The number of hydrogen-bond acceptors (Lipinski definition) is 2. The highest BCUT2D eigenvalue weighted by atomic mass is 28.3. The zero-order chi connectivity index (χ0) is 21.1. The van der Waals surface area contributed by atoms with Gasteiger partial charge in [-0.05, 0) is 24.5 Å². The lowest BCUT2D eigenvalue weighted by atomic mass is 9.91. The first-order valence-electron chi connectivity index (χ1n) is 10.8. The molecule has 2 nitrogen and oxygen atoms in total. The predicted molar refractivity (Wildman–Crippen MR) is 127 cm³/mol. The number of hydrogen-bond donors (Lipinski definition) is 1. The van der Waals surface area contributed by atoms with E-state index in [0.717, 1.165) is 19.4 Å². The second-order valence-electron chi connectivity index (χ2n) is 8.81. The Morgan fingerprint density at radius 2 is 1.52 bits per heavy atom. The van der Waals surface area contributed by atoms with Crippen LogP contribution in [-0.2, 0) is 17.9 Å². The monoisotopic (exact) mass is 407 g/mol. The SMILES string of the molecule is CCCC(C#C[Si](C)(C)C)C(NCc1ccccc1)C(C)OCc1ccccc1. The van der Waals surface area contributed by atoms with E-state index < -0.39 is 8.07 Å². The molecule has 0 amide bonds. The molecule has 0 aliphatic heterocycles. The predicted octanol–water partition coefficient (Wildman–Crippen LogP) is 6.05. The Morgan fingerprint density at radius 1 is 0.931 bits per heavy atom. The number of rotatable bonds is 10. The van der Waals surface area contributed by atoms with Crippen molar-refractivity contribution in [1.29, 1.82) is 0 Å². The van der Waals surface area contributed by atoms with Gasteiger partial charge in [-0.1, -0.05) is 93.6 Å². The highest BCUT2D eigenvalue weighted by Gasteiger charge is 2.26. The van der Waals surface area contributed by atoms with E-state index in [0.29, 0.717) is 12.5 Å². The minimum atomic E-state index is -1.42. The highest BCUT2D eigenvalue weighted by molar-refractivity contribution is 6.83. The highest BCUT2D eigenvalue weighted by Crippen LogP contribution is 2.19. The van der Waals surface area contributed by atoms with Crippen LogP contribution in [0.5, 0.6) is 0 Å². The molecule has 2 rings (SSSR count). The van der Waals surface area contributed by atoms with Crippen molar-refractivity contribution in [2.75, 3.05) is 0 Å². The first-order chi connectivity index (χ1) is 13.9. The van der Waals surface area contributed by atoms with Crippen molar-refractivity contribution in [3.63, 3.8) is 0 Å². The molecule has 1 N–H and O–H groups in total. The molecule has 0 bridgehead atoms. The van der Waals surface area contributed by atoms with Gasteiger partial charge in [-0.25, -0.2) is 0 Å². The van der Waals surface area contributed by atoms with E-state index in [4.69, 9.17) is 4.74 Å². The molecular weight excluding hydrogens is 370 g/mol. The third-order valence-corrected chi connectivity index (χ3v) is 5.81. The molecule has 29 heavy (non-hydrogen) atoms. The van der Waals surface area contributed by atoms with Crippen LogP contribution in [0.25, 0.3) is 0 Å². The average molecular weight is 408 g/mol. The fraction of sp³-hybridized carbons (Fsp3) is 0.462. The molecule has 156 valence electrons. The van der Waals surface area contributed by atoms with Gasteiger partial charge in [-0.3, -0.25) is 0 Å². The van der Waals surface area contributed by atoms with Crippen LogP contribution in [0.1, 0.15) is 37.8 Å². The van der Waals surface area contributed by atoms with Gasteiger partial charge in [0.25, 0.3) is 0 Å². The van der Waals surface area contributed by atoms with Gasteiger partial charge in [0.1, 0.15) is 8.07 Å². The van der Waals surface area contributed by atoms with Gasteiger partial charge in [0, 0.05) is 18.5 Å². The minimum absolute atomic E-state index is 0.0754. The summed E-state index contributed by atoms with van der Waals surface area (Å²) < 4.78 is 6.32. The summed E-state index contributed by atoms with van der Waals surface area (Å²) >= 11 is 0. The lowest BCUT2D eigenvalue weighted by Crippen LogP contribution is -2.45. The summed E-state index contributed by atoms with van der Waals surface area (Å²) in [6.07, 6.45) is 2.29. The molecule has 2 aromatic rings. The van der Waals surface area contributed by atoms with Gasteiger partial charge in [-0.2, -0.15) is 0 Å². The Morgan fingerprint density at radius 3 is 2.07 bits per heavy atom. The van der Waals surface area contributed by atoms with Crippen molar-refractivity contribution in [2.24, 2.45) is 5.92 Å². The number of nitrogens with one attached hydrogen (secondary N) is 1. The smallest absolute Gasteiger partial charge is 0.129 e. The van der Waals surface area contributed by atoms with E-state index in [2.05, 4.69) is 105 Å². The van der Waals surface area contributed by atoms with E-state index in [1.54, 1.807) is 0 Å². The molecule has 0 saturated heterocycles. The third kappa shape index (κ3) is 9.00. The first-order valence-corrected chi connectivity index (χ1v) is 14.3. The van der Waals surface area contributed by atoms with Crippen molar-refractivity contribution in [3.05, 3.63) is 71.8 Å². The third-order valence-electron chi connectivity index (χ3n) is 4.91. The van der Waals surface area contributed by atoms with Crippen molar-refractivity contribution >= 4 is 8.07 Å². The van der Waals surface area contributed by atoms with Gasteiger partial charge < -0.3 is 10.1 Å². The fourth-order valence-corrected chi connectivity index (χ4v) is 3.95. The van der Waals surface area contributed by atoms with E-state index in [1.165, 1.54) is 11.1 Å². The van der Waals surface area contributed by atoms with Crippen LogP contribution in [0.4, 0.5) is 0 Å². The van der Waals surface area contributed by atoms with Crippen molar-refractivity contribution in [3.8, 4) is 11.5 Å². The van der Waals surface area contributed by atoms with Crippen molar-refractivity contribution in [2.45, 2.75) is 71.6 Å². The molecular formula is C26H37NOSi. The molecule has 0 saturated carbocycles. The Hall–Kier alpha value is -1.86. The molecule has 0 heterocycles. The molecule has 3 unspecified atom stereocenters. The molecule has 0 radical (unpaired) electrons. The van der Waals surface area contributed by atoms with Crippen molar-refractivity contribution in [1.82, 2.24) is 5.32 Å². The van der Waals surface area contributed by atoms with Crippen LogP contribution in [0.15, 0.2) is 60.7 Å². The number of benzene rings is 2. The lowest BCUT2D eigenvalue weighted by Gasteiger charge is -2.30. The molecule has 0 fully saturated rings. The topological polar surface area (TPSA) is 21.3 Å². The summed E-state index contributed by atoms with van der Waals surface area (Å²) in [5, 5.41) is 3.78. The number of ether oxygens (including phenoxy) is 1. The maximum Gasteiger partial charge on any atom is 0.129 e. The van der Waals surface area contributed by atoms with Crippen molar-refractivity contribution < 1.29 is 4.74 Å². The van der Waals surface area contributed by atoms with Gasteiger partial charge in [0.15, 0.2) is 0 Å². The van der Waals surface area contributed by atoms with Crippen LogP contribution >= 0.6 is 0 Å². The maximum atomic E-state index is 6.32. The molecule has 3 heteroatoms. The van der Waals surface area contributed by atoms with E-state index >= 15 is 0 Å². The summed E-state index contributed by atoms with van der Waals surface area (Å²) in [5.74, 6) is 3.94. The van der Waals surface area contributed by atoms with Crippen LogP contribution in [0.3, 0.4) is 0 Å². The molecule has 0 aliphatic carbocycles. The Kier molecular flexibility index (Phi) is 9.67. The summed E-state index contributed by atoms with van der Waals surface area (Å²) in [6, 6.07) is 21.2. The van der Waals surface area contributed by atoms with Crippen LogP contribution in [0.2, 0.25) is 19.6 Å². The van der Waals surface area contributed by atoms with E-state index in [1.807, 2.05) is 6.07 Å².